The highest BCUT2D eigenvalue weighted by atomic mass is 16.5. The number of nitrogens with zero attached hydrogens (tertiary/aromatic N) is 4. The second-order valence-electron chi connectivity index (χ2n) is 8.84. The lowest BCUT2D eigenvalue weighted by molar-refractivity contribution is -0.142. The number of fused-ring (bicyclic) bond motifs is 1. The summed E-state index contributed by atoms with van der Waals surface area (Å²) in [6.45, 7) is 5.88. The van der Waals surface area contributed by atoms with Crippen LogP contribution in [0, 0.1) is 5.92 Å². The van der Waals surface area contributed by atoms with Crippen LogP contribution in [0.2, 0.25) is 0 Å². The van der Waals surface area contributed by atoms with Crippen LogP contribution in [0.4, 0.5) is 0 Å². The maximum absolute atomic E-state index is 11.8. The van der Waals surface area contributed by atoms with Crippen molar-refractivity contribution < 1.29 is 14.6 Å². The van der Waals surface area contributed by atoms with Gasteiger partial charge in [0.05, 0.1) is 12.5 Å². The van der Waals surface area contributed by atoms with E-state index in [-0.39, 0.29) is 0 Å². The highest BCUT2D eigenvalue weighted by Crippen LogP contribution is 2.20. The van der Waals surface area contributed by atoms with Crippen molar-refractivity contribution in [2.45, 2.75) is 64.7 Å². The zero-order valence-electron chi connectivity index (χ0n) is 19.9. The average molecular weight is 455 g/mol. The Kier molecular flexibility index (Phi) is 10.7. The lowest BCUT2D eigenvalue weighted by atomic mass is 9.95. The summed E-state index contributed by atoms with van der Waals surface area (Å²) < 4.78 is 5.56. The van der Waals surface area contributed by atoms with Gasteiger partial charge >= 0.3 is 5.97 Å². The maximum atomic E-state index is 11.8. The van der Waals surface area contributed by atoms with Crippen molar-refractivity contribution in [1.29, 1.82) is 0 Å². The Bertz CT molecular complexity index is 847. The lowest BCUT2D eigenvalue weighted by Gasteiger charge is -2.24. The first-order valence-corrected chi connectivity index (χ1v) is 12.4. The molecule has 0 amide bonds. The minimum Gasteiger partial charge on any atom is -0.481 e. The molecular formula is C26H38N4O3. The van der Waals surface area contributed by atoms with E-state index >= 15 is 0 Å². The van der Waals surface area contributed by atoms with E-state index in [1.807, 2.05) is 6.92 Å². The minimum absolute atomic E-state index is 0.432. The third-order valence-corrected chi connectivity index (χ3v) is 6.39. The molecule has 1 aliphatic rings. The molecule has 0 saturated carbocycles. The number of carboxylic acid groups (broad SMARTS) is 1. The summed E-state index contributed by atoms with van der Waals surface area (Å²) in [5, 5.41) is 9.69. The normalized spacial score (nSPS) is 14.2. The number of rotatable bonds is 15. The maximum Gasteiger partial charge on any atom is 0.306 e. The topological polar surface area (TPSA) is 88.4 Å². The highest BCUT2D eigenvalue weighted by Gasteiger charge is 2.20. The number of unbranched alkanes of at least 4 members (excludes halogenated alkanes) is 1. The summed E-state index contributed by atoms with van der Waals surface area (Å²) in [4.78, 5) is 27.1. The first-order chi connectivity index (χ1) is 16.2. The first-order valence-electron chi connectivity index (χ1n) is 12.4. The van der Waals surface area contributed by atoms with Crippen LogP contribution < -0.4 is 0 Å². The van der Waals surface area contributed by atoms with Gasteiger partial charge in [-0.15, -0.1) is 0 Å². The number of carboxylic acids is 1. The summed E-state index contributed by atoms with van der Waals surface area (Å²) in [5.41, 5.74) is 4.71. The molecule has 0 bridgehead atoms. The van der Waals surface area contributed by atoms with Gasteiger partial charge in [-0.25, -0.2) is 9.97 Å². The monoisotopic (exact) mass is 454 g/mol. The fraction of sp³-hybridized carbons (Fsp3) is 0.615. The zero-order chi connectivity index (χ0) is 23.3. The summed E-state index contributed by atoms with van der Waals surface area (Å²) in [6, 6.07) is 6.26. The molecule has 0 saturated heterocycles. The molecule has 33 heavy (non-hydrogen) atoms. The van der Waals surface area contributed by atoms with Gasteiger partial charge in [0.15, 0.2) is 0 Å². The van der Waals surface area contributed by atoms with Crippen molar-refractivity contribution in [1.82, 2.24) is 19.9 Å². The van der Waals surface area contributed by atoms with E-state index in [4.69, 9.17) is 9.72 Å². The van der Waals surface area contributed by atoms with Gasteiger partial charge in [-0.1, -0.05) is 6.07 Å². The number of aryl methyl sites for hydroxylation is 3. The molecule has 2 heterocycles. The van der Waals surface area contributed by atoms with Crippen molar-refractivity contribution in [3.8, 4) is 0 Å². The van der Waals surface area contributed by atoms with Crippen LogP contribution in [0.25, 0.3) is 0 Å². The minimum atomic E-state index is -0.767. The fourth-order valence-corrected chi connectivity index (χ4v) is 4.42. The predicted molar refractivity (Wildman–Crippen MR) is 128 cm³/mol. The second kappa shape index (κ2) is 14.0. The molecule has 1 aliphatic carbocycles. The number of aliphatic carboxylic acids is 1. The van der Waals surface area contributed by atoms with Crippen molar-refractivity contribution in [2.24, 2.45) is 5.92 Å². The van der Waals surface area contributed by atoms with Gasteiger partial charge in [0.25, 0.3) is 0 Å². The standard InChI is InChI=1S/C26H38N4O3/c1-2-33-18-17-30(16-13-22(26(31)32)19-24-12-14-27-20-28-24)15-6-5-8-23-11-10-21-7-3-4-9-25(21)29-23/h10-12,14,20,22H,2-9,13,15-19H2,1H3,(H,31,32)/t22-/m1/s1. The number of carbonyl (C=O) groups is 1. The molecule has 0 spiro atoms. The molecule has 0 aromatic carbocycles. The molecule has 2 aromatic rings. The Balaban J connectivity index is 1.46. The van der Waals surface area contributed by atoms with Crippen molar-refractivity contribution in [2.75, 3.05) is 32.8 Å². The van der Waals surface area contributed by atoms with E-state index in [9.17, 15) is 9.90 Å². The van der Waals surface area contributed by atoms with Gasteiger partial charge in [-0.3, -0.25) is 9.78 Å². The third-order valence-electron chi connectivity index (χ3n) is 6.39. The molecule has 7 heteroatoms. The van der Waals surface area contributed by atoms with Crippen LogP contribution in [0.15, 0.2) is 30.7 Å². The molecule has 7 nitrogen and oxygen atoms in total. The Hall–Kier alpha value is -2.38. The highest BCUT2D eigenvalue weighted by molar-refractivity contribution is 5.70. The zero-order valence-corrected chi connectivity index (χ0v) is 19.9. The van der Waals surface area contributed by atoms with Gasteiger partial charge in [-0.2, -0.15) is 0 Å². The number of aromatic nitrogens is 3. The van der Waals surface area contributed by atoms with Crippen LogP contribution in [-0.2, 0) is 35.2 Å². The quantitative estimate of drug-likeness (QED) is 0.410. The predicted octanol–water partition coefficient (Wildman–Crippen LogP) is 3.75. The number of hydrogen-bond acceptors (Lipinski definition) is 6. The van der Waals surface area contributed by atoms with Crippen LogP contribution in [0.3, 0.4) is 0 Å². The largest absolute Gasteiger partial charge is 0.481 e. The number of hydrogen-bond donors (Lipinski definition) is 1. The van der Waals surface area contributed by atoms with Gasteiger partial charge in [0.2, 0.25) is 0 Å². The Morgan fingerprint density at radius 1 is 1.12 bits per heavy atom. The van der Waals surface area contributed by atoms with Gasteiger partial charge < -0.3 is 14.7 Å². The molecule has 1 atom stereocenters. The summed E-state index contributed by atoms with van der Waals surface area (Å²) in [7, 11) is 0. The SMILES string of the molecule is CCOCCN(CCCCc1ccc2c(n1)CCCC2)CC[C@H](Cc1ccncn1)C(=O)O. The molecule has 0 unspecified atom stereocenters. The van der Waals surface area contributed by atoms with E-state index in [0.29, 0.717) is 26.1 Å². The first kappa shape index (κ1) is 25.2. The van der Waals surface area contributed by atoms with Crippen molar-refractivity contribution >= 4 is 5.97 Å². The van der Waals surface area contributed by atoms with E-state index in [0.717, 1.165) is 51.0 Å². The Labute approximate surface area is 197 Å². The number of pyridine rings is 1. The lowest BCUT2D eigenvalue weighted by Crippen LogP contribution is -2.32. The molecule has 3 rings (SSSR count). The second-order valence-corrected chi connectivity index (χ2v) is 8.84. The van der Waals surface area contributed by atoms with Gasteiger partial charge in [0.1, 0.15) is 6.33 Å². The van der Waals surface area contributed by atoms with Crippen molar-refractivity contribution in [3.63, 3.8) is 0 Å². The Morgan fingerprint density at radius 2 is 2.00 bits per heavy atom. The molecule has 0 aliphatic heterocycles. The van der Waals surface area contributed by atoms with Crippen LogP contribution >= 0.6 is 0 Å². The molecule has 180 valence electrons. The van der Waals surface area contributed by atoms with Crippen LogP contribution in [0.1, 0.15) is 61.7 Å². The van der Waals surface area contributed by atoms with Gasteiger partial charge in [0, 0.05) is 42.9 Å². The summed E-state index contributed by atoms with van der Waals surface area (Å²) >= 11 is 0. The molecule has 2 aromatic heterocycles. The number of ether oxygens (including phenoxy) is 1. The van der Waals surface area contributed by atoms with Gasteiger partial charge in [-0.05, 0) is 89.1 Å². The van der Waals surface area contributed by atoms with E-state index in [2.05, 4.69) is 27.0 Å². The van der Waals surface area contributed by atoms with E-state index in [1.165, 1.54) is 42.5 Å². The van der Waals surface area contributed by atoms with E-state index < -0.39 is 11.9 Å². The Morgan fingerprint density at radius 3 is 2.79 bits per heavy atom. The molecule has 0 radical (unpaired) electrons. The van der Waals surface area contributed by atoms with E-state index in [1.54, 1.807) is 12.3 Å². The third kappa shape index (κ3) is 8.82. The van der Waals surface area contributed by atoms with Crippen LogP contribution in [-0.4, -0.2) is 63.8 Å². The van der Waals surface area contributed by atoms with Crippen LogP contribution in [0.5, 0.6) is 0 Å². The molecule has 0 fully saturated rings. The molecule has 1 N–H and O–H groups in total. The summed E-state index contributed by atoms with van der Waals surface area (Å²) in [6.07, 6.45) is 12.1. The smallest absolute Gasteiger partial charge is 0.306 e. The fourth-order valence-electron chi connectivity index (χ4n) is 4.42. The average Bonchev–Trinajstić information content (AvgIpc) is 2.84. The summed E-state index contributed by atoms with van der Waals surface area (Å²) in [5.74, 6) is -1.22. The molecular weight excluding hydrogens is 416 g/mol. The van der Waals surface area contributed by atoms with Crippen molar-refractivity contribution in [3.05, 3.63) is 53.4 Å².